The molecular weight excluding hydrogens is 354 g/mol. The predicted molar refractivity (Wildman–Crippen MR) is 110 cm³/mol. The highest BCUT2D eigenvalue weighted by molar-refractivity contribution is 7.22. The molecule has 0 spiro atoms. The molecule has 1 aliphatic heterocycles. The number of rotatable bonds is 4. The van der Waals surface area contributed by atoms with E-state index in [1.807, 2.05) is 36.4 Å². The summed E-state index contributed by atoms with van der Waals surface area (Å²) in [5.74, 6) is 1.69. The first kappa shape index (κ1) is 16.0. The molecule has 5 nitrogen and oxygen atoms in total. The molecule has 132 valence electrons. The highest BCUT2D eigenvalue weighted by Crippen LogP contribution is 2.36. The van der Waals surface area contributed by atoms with Crippen LogP contribution in [0.15, 0.2) is 85.0 Å². The number of fused-ring (bicyclic) bond motifs is 1. The first-order valence-corrected chi connectivity index (χ1v) is 9.54. The van der Waals surface area contributed by atoms with Gasteiger partial charge in [0.15, 0.2) is 5.82 Å². The molecule has 1 atom stereocenters. The Morgan fingerprint density at radius 3 is 2.52 bits per heavy atom. The third-order valence-corrected chi connectivity index (χ3v) is 5.66. The van der Waals surface area contributed by atoms with E-state index in [0.717, 1.165) is 21.9 Å². The summed E-state index contributed by atoms with van der Waals surface area (Å²) in [5.41, 5.74) is 9.82. The van der Waals surface area contributed by atoms with Crippen molar-refractivity contribution < 1.29 is 0 Å². The van der Waals surface area contributed by atoms with Gasteiger partial charge in [-0.2, -0.15) is 0 Å². The van der Waals surface area contributed by atoms with Crippen LogP contribution in [0.3, 0.4) is 0 Å². The summed E-state index contributed by atoms with van der Waals surface area (Å²) in [7, 11) is 0. The van der Waals surface area contributed by atoms with Crippen LogP contribution in [0, 0.1) is 0 Å². The SMILES string of the molecule is C1=C(Nc2ncnc3cc(-c4ccccc4)sc23)NNC1c1ccccc1. The Balaban J connectivity index is 1.45. The molecule has 0 radical (unpaired) electrons. The van der Waals surface area contributed by atoms with Crippen LogP contribution in [0.25, 0.3) is 20.7 Å². The van der Waals surface area contributed by atoms with E-state index >= 15 is 0 Å². The van der Waals surface area contributed by atoms with E-state index in [1.165, 1.54) is 16.0 Å². The fraction of sp³-hybridized carbons (Fsp3) is 0.0476. The molecular formula is C21H17N5S. The molecule has 6 heteroatoms. The van der Waals surface area contributed by atoms with Crippen molar-refractivity contribution in [3.8, 4) is 10.4 Å². The summed E-state index contributed by atoms with van der Waals surface area (Å²) >= 11 is 1.69. The van der Waals surface area contributed by atoms with E-state index in [4.69, 9.17) is 0 Å². The Labute approximate surface area is 160 Å². The normalized spacial score (nSPS) is 16.1. The summed E-state index contributed by atoms with van der Waals surface area (Å²) in [6.45, 7) is 0. The van der Waals surface area contributed by atoms with Crippen molar-refractivity contribution >= 4 is 27.4 Å². The van der Waals surface area contributed by atoms with E-state index in [9.17, 15) is 0 Å². The molecule has 2 aromatic heterocycles. The molecule has 0 bridgehead atoms. The molecule has 0 fully saturated rings. The Bertz CT molecular complexity index is 1110. The number of aromatic nitrogens is 2. The topological polar surface area (TPSA) is 61.9 Å². The van der Waals surface area contributed by atoms with Crippen LogP contribution in [-0.2, 0) is 0 Å². The smallest absolute Gasteiger partial charge is 0.152 e. The van der Waals surface area contributed by atoms with Gasteiger partial charge in [-0.3, -0.25) is 0 Å². The van der Waals surface area contributed by atoms with Crippen LogP contribution >= 0.6 is 11.3 Å². The van der Waals surface area contributed by atoms with Gasteiger partial charge in [-0.25, -0.2) is 15.4 Å². The van der Waals surface area contributed by atoms with Crippen LogP contribution < -0.4 is 16.2 Å². The van der Waals surface area contributed by atoms with Crippen molar-refractivity contribution in [2.24, 2.45) is 0 Å². The van der Waals surface area contributed by atoms with Crippen molar-refractivity contribution in [1.29, 1.82) is 0 Å². The zero-order valence-corrected chi connectivity index (χ0v) is 15.2. The second kappa shape index (κ2) is 6.83. The molecule has 1 unspecified atom stereocenters. The molecule has 27 heavy (non-hydrogen) atoms. The number of anilines is 1. The van der Waals surface area contributed by atoms with Crippen LogP contribution in [0.1, 0.15) is 11.6 Å². The fourth-order valence-electron chi connectivity index (χ4n) is 3.13. The van der Waals surface area contributed by atoms with Gasteiger partial charge in [0.05, 0.1) is 16.3 Å². The maximum Gasteiger partial charge on any atom is 0.152 e. The summed E-state index contributed by atoms with van der Waals surface area (Å²) in [5, 5.41) is 3.40. The minimum Gasteiger partial charge on any atom is -0.325 e. The van der Waals surface area contributed by atoms with E-state index in [1.54, 1.807) is 17.7 Å². The summed E-state index contributed by atoms with van der Waals surface area (Å²) in [6.07, 6.45) is 3.72. The number of thiophene rings is 1. The lowest BCUT2D eigenvalue weighted by atomic mass is 10.1. The number of hydrazine groups is 1. The molecule has 3 heterocycles. The molecule has 0 saturated heterocycles. The van der Waals surface area contributed by atoms with E-state index in [-0.39, 0.29) is 6.04 Å². The van der Waals surface area contributed by atoms with Gasteiger partial charge in [-0.1, -0.05) is 60.7 Å². The van der Waals surface area contributed by atoms with Gasteiger partial charge in [0.25, 0.3) is 0 Å². The maximum atomic E-state index is 4.45. The average molecular weight is 371 g/mol. The standard InChI is InChI=1S/C21H17N5S/c1-3-7-14(8-4-1)16-12-19(26-25-16)24-21-20-17(22-13-23-21)11-18(27-20)15-9-5-2-6-10-15/h1-13,16,25-26H,(H,22,23,24). The van der Waals surface area contributed by atoms with Crippen LogP contribution in [0.4, 0.5) is 5.82 Å². The number of benzene rings is 2. The first-order chi connectivity index (χ1) is 13.4. The van der Waals surface area contributed by atoms with Crippen LogP contribution in [-0.4, -0.2) is 9.97 Å². The maximum absolute atomic E-state index is 4.45. The van der Waals surface area contributed by atoms with Gasteiger partial charge in [-0.05, 0) is 23.3 Å². The first-order valence-electron chi connectivity index (χ1n) is 8.72. The summed E-state index contributed by atoms with van der Waals surface area (Å²) < 4.78 is 1.04. The molecule has 4 aromatic rings. The second-order valence-electron chi connectivity index (χ2n) is 6.28. The number of hydrogen-bond donors (Lipinski definition) is 3. The lowest BCUT2D eigenvalue weighted by Gasteiger charge is -2.09. The lowest BCUT2D eigenvalue weighted by Crippen LogP contribution is -2.29. The van der Waals surface area contributed by atoms with Gasteiger partial charge in [0, 0.05) is 4.88 Å². The van der Waals surface area contributed by atoms with Gasteiger partial charge >= 0.3 is 0 Å². The van der Waals surface area contributed by atoms with E-state index in [2.05, 4.69) is 62.5 Å². The van der Waals surface area contributed by atoms with Gasteiger partial charge in [-0.15, -0.1) is 11.3 Å². The van der Waals surface area contributed by atoms with Crippen molar-refractivity contribution in [1.82, 2.24) is 20.8 Å². The third kappa shape index (κ3) is 3.16. The van der Waals surface area contributed by atoms with Crippen LogP contribution in [0.2, 0.25) is 0 Å². The Morgan fingerprint density at radius 1 is 0.926 bits per heavy atom. The Morgan fingerprint density at radius 2 is 1.70 bits per heavy atom. The average Bonchev–Trinajstić information content (AvgIpc) is 3.37. The fourth-order valence-corrected chi connectivity index (χ4v) is 4.20. The predicted octanol–water partition coefficient (Wildman–Crippen LogP) is 4.46. The molecule has 0 saturated carbocycles. The molecule has 5 rings (SSSR count). The number of nitrogens with zero attached hydrogens (tertiary/aromatic N) is 2. The van der Waals surface area contributed by atoms with Gasteiger partial charge in [0.2, 0.25) is 0 Å². The monoisotopic (exact) mass is 371 g/mol. The second-order valence-corrected chi connectivity index (χ2v) is 7.33. The molecule has 3 N–H and O–H groups in total. The van der Waals surface area contributed by atoms with Gasteiger partial charge in [0.1, 0.15) is 12.1 Å². The van der Waals surface area contributed by atoms with E-state index < -0.39 is 0 Å². The van der Waals surface area contributed by atoms with E-state index in [0.29, 0.717) is 0 Å². The summed E-state index contributed by atoms with van der Waals surface area (Å²) in [6, 6.07) is 22.9. The molecule has 2 aromatic carbocycles. The van der Waals surface area contributed by atoms with Crippen molar-refractivity contribution in [2.45, 2.75) is 6.04 Å². The highest BCUT2D eigenvalue weighted by Gasteiger charge is 2.18. The molecule has 0 aliphatic carbocycles. The number of nitrogens with one attached hydrogen (secondary N) is 3. The van der Waals surface area contributed by atoms with Crippen LogP contribution in [0.5, 0.6) is 0 Å². The minimum absolute atomic E-state index is 0.120. The highest BCUT2D eigenvalue weighted by atomic mass is 32.1. The van der Waals surface area contributed by atoms with Crippen molar-refractivity contribution in [3.63, 3.8) is 0 Å². The lowest BCUT2D eigenvalue weighted by molar-refractivity contribution is 0.598. The zero-order chi connectivity index (χ0) is 18.1. The van der Waals surface area contributed by atoms with Crippen molar-refractivity contribution in [2.75, 3.05) is 5.32 Å². The quantitative estimate of drug-likeness (QED) is 0.494. The zero-order valence-electron chi connectivity index (χ0n) is 14.4. The van der Waals surface area contributed by atoms with Crippen molar-refractivity contribution in [3.05, 3.63) is 90.5 Å². The largest absolute Gasteiger partial charge is 0.325 e. The minimum atomic E-state index is 0.120. The van der Waals surface area contributed by atoms with Gasteiger partial charge < -0.3 is 10.7 Å². The Kier molecular flexibility index (Phi) is 4.04. The number of hydrogen-bond acceptors (Lipinski definition) is 6. The summed E-state index contributed by atoms with van der Waals surface area (Å²) in [4.78, 5) is 10.1. The molecule has 1 aliphatic rings. The Hall–Kier alpha value is -3.22. The third-order valence-electron chi connectivity index (χ3n) is 4.48. The molecule has 0 amide bonds.